The van der Waals surface area contributed by atoms with Crippen molar-refractivity contribution in [2.75, 3.05) is 10.6 Å². The Bertz CT molecular complexity index is 729. The molecule has 1 aromatic carbocycles. The summed E-state index contributed by atoms with van der Waals surface area (Å²) in [6.45, 7) is 3.86. The average Bonchev–Trinajstić information content (AvgIpc) is 2.47. The van der Waals surface area contributed by atoms with E-state index in [2.05, 4.69) is 4.98 Å². The van der Waals surface area contributed by atoms with Crippen LogP contribution in [-0.2, 0) is 11.3 Å². The third-order valence-electron chi connectivity index (χ3n) is 3.50. The lowest BCUT2D eigenvalue weighted by Gasteiger charge is -2.38. The Labute approximate surface area is 133 Å². The molecule has 1 aliphatic heterocycles. The fraction of sp³-hybridized carbons (Fsp3) is 0.250. The zero-order valence-electron chi connectivity index (χ0n) is 12.3. The number of hydrogen-bond acceptors (Lipinski definition) is 4. The molecule has 22 heavy (non-hydrogen) atoms. The molecule has 0 bridgehead atoms. The van der Waals surface area contributed by atoms with Crippen LogP contribution in [0.5, 0.6) is 5.75 Å². The van der Waals surface area contributed by atoms with Gasteiger partial charge >= 0.3 is 0 Å². The second-order valence-corrected chi connectivity index (χ2v) is 6.12. The van der Waals surface area contributed by atoms with Gasteiger partial charge in [0.2, 0.25) is 0 Å². The Morgan fingerprint density at radius 3 is 2.59 bits per heavy atom. The molecule has 0 aliphatic carbocycles. The highest BCUT2D eigenvalue weighted by Crippen LogP contribution is 2.37. The van der Waals surface area contributed by atoms with E-state index in [1.807, 2.05) is 12.1 Å². The van der Waals surface area contributed by atoms with E-state index in [4.69, 9.17) is 22.1 Å². The van der Waals surface area contributed by atoms with Crippen molar-refractivity contribution in [2.45, 2.75) is 26.0 Å². The number of carbonyl (C=O) groups excluding carboxylic acids is 1. The van der Waals surface area contributed by atoms with Crippen molar-refractivity contribution in [1.29, 1.82) is 0 Å². The summed E-state index contributed by atoms with van der Waals surface area (Å²) in [4.78, 5) is 18.5. The van der Waals surface area contributed by atoms with Gasteiger partial charge in [-0.15, -0.1) is 0 Å². The molecule has 1 aliphatic rings. The van der Waals surface area contributed by atoms with E-state index in [9.17, 15) is 4.79 Å². The van der Waals surface area contributed by atoms with Gasteiger partial charge in [0, 0.05) is 5.02 Å². The van der Waals surface area contributed by atoms with Crippen LogP contribution in [-0.4, -0.2) is 16.5 Å². The summed E-state index contributed by atoms with van der Waals surface area (Å²) in [5.41, 5.74) is 5.75. The summed E-state index contributed by atoms with van der Waals surface area (Å²) in [5, 5.41) is 0.653. The van der Waals surface area contributed by atoms with Crippen molar-refractivity contribution in [3.05, 3.63) is 47.0 Å². The predicted octanol–water partition coefficient (Wildman–Crippen LogP) is 3.02. The number of aromatic nitrogens is 1. The summed E-state index contributed by atoms with van der Waals surface area (Å²) < 4.78 is 5.74. The first-order chi connectivity index (χ1) is 10.4. The molecule has 0 unspecified atom stereocenters. The van der Waals surface area contributed by atoms with E-state index in [0.717, 1.165) is 5.56 Å². The minimum atomic E-state index is -0.947. The quantitative estimate of drug-likeness (QED) is 0.924. The van der Waals surface area contributed by atoms with Gasteiger partial charge in [0.05, 0.1) is 6.54 Å². The Morgan fingerprint density at radius 2 is 1.91 bits per heavy atom. The normalized spacial score (nSPS) is 16.1. The van der Waals surface area contributed by atoms with Gasteiger partial charge in [-0.2, -0.15) is 0 Å². The Kier molecular flexibility index (Phi) is 3.45. The number of halogens is 1. The van der Waals surface area contributed by atoms with Crippen molar-refractivity contribution in [3.8, 4) is 5.75 Å². The van der Waals surface area contributed by atoms with Crippen LogP contribution in [0.25, 0.3) is 0 Å². The van der Waals surface area contributed by atoms with Crippen LogP contribution >= 0.6 is 11.6 Å². The molecule has 0 saturated heterocycles. The lowest BCUT2D eigenvalue weighted by molar-refractivity contribution is -0.132. The standard InChI is InChI=1S/C16H16ClN3O2/c1-16(2)15(21)20(9-10-3-5-11(17)6-4-10)14-12(22-16)7-8-13(18)19-14/h3-8H,9H2,1-2H3,(H2,18,19). The van der Waals surface area contributed by atoms with Crippen molar-refractivity contribution >= 4 is 29.1 Å². The molecule has 0 fully saturated rings. The van der Waals surface area contributed by atoms with Crippen LogP contribution in [0.3, 0.4) is 0 Å². The monoisotopic (exact) mass is 317 g/mol. The predicted molar refractivity (Wildman–Crippen MR) is 86.0 cm³/mol. The first-order valence-corrected chi connectivity index (χ1v) is 7.26. The number of rotatable bonds is 2. The topological polar surface area (TPSA) is 68.5 Å². The number of amides is 1. The van der Waals surface area contributed by atoms with Crippen molar-refractivity contribution in [1.82, 2.24) is 4.98 Å². The number of ether oxygens (including phenoxy) is 1. The van der Waals surface area contributed by atoms with Crippen molar-refractivity contribution in [2.24, 2.45) is 0 Å². The maximum Gasteiger partial charge on any atom is 0.272 e. The van der Waals surface area contributed by atoms with Gasteiger partial charge in [-0.1, -0.05) is 23.7 Å². The summed E-state index contributed by atoms with van der Waals surface area (Å²) >= 11 is 5.90. The fourth-order valence-corrected chi connectivity index (χ4v) is 2.51. The van der Waals surface area contributed by atoms with Gasteiger partial charge in [-0.3, -0.25) is 9.69 Å². The van der Waals surface area contributed by atoms with Crippen LogP contribution in [0.15, 0.2) is 36.4 Å². The number of nitrogen functional groups attached to an aromatic ring is 1. The van der Waals surface area contributed by atoms with Gasteiger partial charge in [-0.05, 0) is 43.7 Å². The third-order valence-corrected chi connectivity index (χ3v) is 3.75. The summed E-state index contributed by atoms with van der Waals surface area (Å²) in [7, 11) is 0. The Hall–Kier alpha value is -2.27. The van der Waals surface area contributed by atoms with Crippen LogP contribution in [0.2, 0.25) is 5.02 Å². The first kappa shape index (κ1) is 14.7. The van der Waals surface area contributed by atoms with E-state index >= 15 is 0 Å². The lowest BCUT2D eigenvalue weighted by Crippen LogP contribution is -2.52. The molecule has 0 atom stereocenters. The Morgan fingerprint density at radius 1 is 1.23 bits per heavy atom. The van der Waals surface area contributed by atoms with Gasteiger partial charge < -0.3 is 10.5 Å². The molecule has 0 saturated carbocycles. The van der Waals surface area contributed by atoms with Crippen LogP contribution in [0, 0.1) is 0 Å². The van der Waals surface area contributed by atoms with Gasteiger partial charge in [0.25, 0.3) is 5.91 Å². The first-order valence-electron chi connectivity index (χ1n) is 6.89. The number of anilines is 2. The molecule has 1 amide bonds. The molecule has 6 heteroatoms. The highest BCUT2D eigenvalue weighted by atomic mass is 35.5. The zero-order valence-corrected chi connectivity index (χ0v) is 13.1. The maximum atomic E-state index is 12.7. The number of pyridine rings is 1. The highest BCUT2D eigenvalue weighted by molar-refractivity contribution is 6.30. The summed E-state index contributed by atoms with van der Waals surface area (Å²) in [5.74, 6) is 1.18. The lowest BCUT2D eigenvalue weighted by atomic mass is 10.0. The molecular formula is C16H16ClN3O2. The minimum absolute atomic E-state index is 0.159. The van der Waals surface area contributed by atoms with Gasteiger partial charge in [-0.25, -0.2) is 4.98 Å². The summed E-state index contributed by atoms with van der Waals surface area (Å²) in [6.07, 6.45) is 0. The molecule has 2 aromatic rings. The highest BCUT2D eigenvalue weighted by Gasteiger charge is 2.41. The zero-order chi connectivity index (χ0) is 15.9. The van der Waals surface area contributed by atoms with Gasteiger partial charge in [0.15, 0.2) is 17.2 Å². The fourth-order valence-electron chi connectivity index (χ4n) is 2.38. The van der Waals surface area contributed by atoms with E-state index in [1.165, 1.54) is 0 Å². The molecular weight excluding hydrogens is 302 g/mol. The molecule has 114 valence electrons. The molecule has 0 radical (unpaired) electrons. The SMILES string of the molecule is CC1(C)Oc2ccc(N)nc2N(Cc2ccc(Cl)cc2)C1=O. The molecule has 1 aromatic heterocycles. The van der Waals surface area contributed by atoms with E-state index in [0.29, 0.717) is 29.0 Å². The Balaban J connectivity index is 2.02. The minimum Gasteiger partial charge on any atom is -0.474 e. The van der Waals surface area contributed by atoms with Crippen LogP contribution in [0.4, 0.5) is 11.6 Å². The second kappa shape index (κ2) is 5.18. The number of fused-ring (bicyclic) bond motifs is 1. The molecule has 5 nitrogen and oxygen atoms in total. The van der Waals surface area contributed by atoms with E-state index in [-0.39, 0.29) is 5.91 Å². The molecule has 2 N–H and O–H groups in total. The molecule has 3 rings (SSSR count). The van der Waals surface area contributed by atoms with Crippen molar-refractivity contribution < 1.29 is 9.53 Å². The van der Waals surface area contributed by atoms with Gasteiger partial charge in [0.1, 0.15) is 5.82 Å². The number of nitrogens with two attached hydrogens (primary N) is 1. The number of benzene rings is 1. The maximum absolute atomic E-state index is 12.7. The number of nitrogens with zero attached hydrogens (tertiary/aromatic N) is 2. The smallest absolute Gasteiger partial charge is 0.272 e. The van der Waals surface area contributed by atoms with E-state index < -0.39 is 5.60 Å². The number of carbonyl (C=O) groups is 1. The average molecular weight is 318 g/mol. The molecule has 2 heterocycles. The largest absolute Gasteiger partial charge is 0.474 e. The molecule has 0 spiro atoms. The van der Waals surface area contributed by atoms with E-state index in [1.54, 1.807) is 43.0 Å². The second-order valence-electron chi connectivity index (χ2n) is 5.69. The summed E-state index contributed by atoms with van der Waals surface area (Å²) in [6, 6.07) is 10.7. The third kappa shape index (κ3) is 2.60. The van der Waals surface area contributed by atoms with Crippen LogP contribution in [0.1, 0.15) is 19.4 Å². The van der Waals surface area contributed by atoms with Crippen LogP contribution < -0.4 is 15.4 Å². The number of hydrogen-bond donors (Lipinski definition) is 1. The van der Waals surface area contributed by atoms with Crippen molar-refractivity contribution in [3.63, 3.8) is 0 Å².